The van der Waals surface area contributed by atoms with Gasteiger partial charge in [0.2, 0.25) is 12.7 Å². The SMILES string of the molecule is CC1(C)CC(=O)C2=C(C1)OC(N)=C(C#N)[C@@H]2c1ccc2c(c1Cl)OCO2. The fourth-order valence-electron chi connectivity index (χ4n) is 3.77. The molecule has 1 aliphatic carbocycles. The Morgan fingerprint density at radius 1 is 1.31 bits per heavy atom. The van der Waals surface area contributed by atoms with Crippen LogP contribution in [-0.4, -0.2) is 12.6 Å². The second kappa shape index (κ2) is 5.68. The normalized spacial score (nSPS) is 23.5. The third-order valence-corrected chi connectivity index (χ3v) is 5.28. The Labute approximate surface area is 155 Å². The monoisotopic (exact) mass is 372 g/mol. The molecule has 1 aromatic rings. The highest BCUT2D eigenvalue weighted by atomic mass is 35.5. The van der Waals surface area contributed by atoms with Crippen LogP contribution in [0.4, 0.5) is 0 Å². The van der Waals surface area contributed by atoms with Crippen LogP contribution in [0.1, 0.15) is 38.2 Å². The third-order valence-electron chi connectivity index (χ3n) is 4.90. The van der Waals surface area contributed by atoms with Crippen LogP contribution in [0.3, 0.4) is 0 Å². The van der Waals surface area contributed by atoms with Gasteiger partial charge in [-0.15, -0.1) is 0 Å². The molecule has 0 bridgehead atoms. The molecule has 1 aromatic carbocycles. The van der Waals surface area contributed by atoms with Gasteiger partial charge in [-0.25, -0.2) is 0 Å². The Balaban J connectivity index is 1.92. The maximum absolute atomic E-state index is 12.9. The number of hydrogen-bond donors (Lipinski definition) is 1. The van der Waals surface area contributed by atoms with Gasteiger partial charge >= 0.3 is 0 Å². The molecule has 2 N–H and O–H groups in total. The molecular weight excluding hydrogens is 356 g/mol. The summed E-state index contributed by atoms with van der Waals surface area (Å²) in [5, 5.41) is 9.97. The zero-order chi connectivity index (χ0) is 18.6. The number of carbonyl (C=O) groups excluding carboxylic acids is 1. The molecule has 26 heavy (non-hydrogen) atoms. The minimum Gasteiger partial charge on any atom is -0.454 e. The third kappa shape index (κ3) is 2.43. The van der Waals surface area contributed by atoms with Crippen LogP contribution < -0.4 is 15.2 Å². The first-order valence-electron chi connectivity index (χ1n) is 8.24. The minimum atomic E-state index is -0.672. The summed E-state index contributed by atoms with van der Waals surface area (Å²) in [5.41, 5.74) is 6.99. The van der Waals surface area contributed by atoms with Crippen molar-refractivity contribution in [1.82, 2.24) is 0 Å². The first-order valence-corrected chi connectivity index (χ1v) is 8.62. The van der Waals surface area contributed by atoms with Gasteiger partial charge in [-0.2, -0.15) is 5.26 Å². The van der Waals surface area contributed by atoms with Crippen LogP contribution >= 0.6 is 11.6 Å². The second-order valence-electron chi connectivity index (χ2n) is 7.41. The lowest BCUT2D eigenvalue weighted by Gasteiger charge is -2.37. The van der Waals surface area contributed by atoms with E-state index in [0.717, 1.165) is 0 Å². The quantitative estimate of drug-likeness (QED) is 0.810. The molecule has 7 heteroatoms. The summed E-state index contributed by atoms with van der Waals surface area (Å²) in [6.45, 7) is 4.08. The van der Waals surface area contributed by atoms with Crippen LogP contribution in [0, 0.1) is 16.7 Å². The number of ether oxygens (including phenoxy) is 3. The molecule has 1 atom stereocenters. The number of halogens is 1. The van der Waals surface area contributed by atoms with Crippen molar-refractivity contribution in [1.29, 1.82) is 5.26 Å². The number of allylic oxidation sites excluding steroid dienone is 3. The smallest absolute Gasteiger partial charge is 0.231 e. The van der Waals surface area contributed by atoms with Crippen LogP contribution in [0.5, 0.6) is 11.5 Å². The Kier molecular flexibility index (Phi) is 3.67. The molecule has 0 saturated heterocycles. The topological polar surface area (TPSA) is 94.6 Å². The van der Waals surface area contributed by atoms with E-state index in [9.17, 15) is 10.1 Å². The number of nitrogens with two attached hydrogens (primary N) is 1. The van der Waals surface area contributed by atoms with Gasteiger partial charge in [-0.05, 0) is 17.0 Å². The first-order chi connectivity index (χ1) is 12.3. The van der Waals surface area contributed by atoms with Gasteiger partial charge in [-0.3, -0.25) is 4.79 Å². The summed E-state index contributed by atoms with van der Waals surface area (Å²) in [5.74, 6) is 0.741. The highest BCUT2D eigenvalue weighted by Gasteiger charge is 2.44. The molecule has 0 amide bonds. The number of carbonyl (C=O) groups is 1. The van der Waals surface area contributed by atoms with Crippen molar-refractivity contribution in [3.8, 4) is 17.6 Å². The molecule has 0 fully saturated rings. The largest absolute Gasteiger partial charge is 0.454 e. The van der Waals surface area contributed by atoms with E-state index >= 15 is 0 Å². The molecule has 0 unspecified atom stereocenters. The van der Waals surface area contributed by atoms with Crippen molar-refractivity contribution < 1.29 is 19.0 Å². The number of nitriles is 1. The molecule has 6 nitrogen and oxygen atoms in total. The number of nitrogens with zero attached hydrogens (tertiary/aromatic N) is 1. The van der Waals surface area contributed by atoms with E-state index in [1.165, 1.54) is 0 Å². The van der Waals surface area contributed by atoms with E-state index in [1.807, 2.05) is 13.8 Å². The van der Waals surface area contributed by atoms with Crippen molar-refractivity contribution in [2.75, 3.05) is 6.79 Å². The predicted molar refractivity (Wildman–Crippen MR) is 93.3 cm³/mol. The Morgan fingerprint density at radius 2 is 2.08 bits per heavy atom. The number of hydrogen-bond acceptors (Lipinski definition) is 6. The molecular formula is C19H17ClN2O4. The van der Waals surface area contributed by atoms with Gasteiger partial charge in [0.05, 0.1) is 10.9 Å². The van der Waals surface area contributed by atoms with Crippen LogP contribution in [-0.2, 0) is 9.53 Å². The van der Waals surface area contributed by atoms with Gasteiger partial charge in [0.15, 0.2) is 17.3 Å². The minimum absolute atomic E-state index is 0.00971. The van der Waals surface area contributed by atoms with E-state index in [0.29, 0.717) is 46.3 Å². The van der Waals surface area contributed by atoms with Gasteiger partial charge in [0, 0.05) is 18.4 Å². The summed E-state index contributed by atoms with van der Waals surface area (Å²) in [4.78, 5) is 12.9. The lowest BCUT2D eigenvalue weighted by molar-refractivity contribution is -0.119. The van der Waals surface area contributed by atoms with Gasteiger partial charge < -0.3 is 19.9 Å². The molecule has 2 aliphatic heterocycles. The summed E-state index contributed by atoms with van der Waals surface area (Å²) in [6, 6.07) is 5.55. The molecule has 2 heterocycles. The standard InChI is InChI=1S/C19H17ClN2O4/c1-19(2)5-11(23)15-13(6-19)26-18(22)10(7-21)14(15)9-3-4-12-17(16(9)20)25-8-24-12/h3-4,14H,5-6,8,22H2,1-2H3/t14-/m0/s1. The van der Waals surface area contributed by atoms with Crippen molar-refractivity contribution in [3.63, 3.8) is 0 Å². The Hall–Kier alpha value is -2.65. The van der Waals surface area contributed by atoms with E-state index in [2.05, 4.69) is 6.07 Å². The second-order valence-corrected chi connectivity index (χ2v) is 7.78. The number of benzene rings is 1. The fraction of sp³-hybridized carbons (Fsp3) is 0.368. The van der Waals surface area contributed by atoms with Gasteiger partial charge in [0.1, 0.15) is 17.4 Å². The molecule has 0 radical (unpaired) electrons. The summed E-state index contributed by atoms with van der Waals surface area (Å²) in [7, 11) is 0. The lowest BCUT2D eigenvalue weighted by Crippen LogP contribution is -2.33. The Morgan fingerprint density at radius 3 is 2.81 bits per heavy atom. The highest BCUT2D eigenvalue weighted by molar-refractivity contribution is 6.33. The average Bonchev–Trinajstić information content (AvgIpc) is 3.02. The van der Waals surface area contributed by atoms with Gasteiger partial charge in [0.25, 0.3) is 0 Å². The maximum Gasteiger partial charge on any atom is 0.231 e. The number of Topliss-reactive ketones (excluding diaryl/α,β-unsaturated/α-hetero) is 1. The van der Waals surface area contributed by atoms with Crippen molar-refractivity contribution >= 4 is 17.4 Å². The van der Waals surface area contributed by atoms with Crippen LogP contribution in [0.2, 0.25) is 5.02 Å². The number of rotatable bonds is 1. The van der Waals surface area contributed by atoms with Gasteiger partial charge in [-0.1, -0.05) is 31.5 Å². The van der Waals surface area contributed by atoms with Crippen LogP contribution in [0.25, 0.3) is 0 Å². The number of ketones is 1. The van der Waals surface area contributed by atoms with Crippen LogP contribution in [0.15, 0.2) is 34.9 Å². The van der Waals surface area contributed by atoms with Crippen molar-refractivity contribution in [2.45, 2.75) is 32.6 Å². The predicted octanol–water partition coefficient (Wildman–Crippen LogP) is 3.52. The maximum atomic E-state index is 12.9. The van der Waals surface area contributed by atoms with Crippen molar-refractivity contribution in [2.24, 2.45) is 11.1 Å². The average molecular weight is 373 g/mol. The fourth-order valence-corrected chi connectivity index (χ4v) is 4.09. The molecule has 0 aromatic heterocycles. The molecule has 3 aliphatic rings. The molecule has 0 spiro atoms. The summed E-state index contributed by atoms with van der Waals surface area (Å²) >= 11 is 6.54. The molecule has 134 valence electrons. The van der Waals surface area contributed by atoms with E-state index in [1.54, 1.807) is 12.1 Å². The highest BCUT2D eigenvalue weighted by Crippen LogP contribution is 2.51. The summed E-state index contributed by atoms with van der Waals surface area (Å²) < 4.78 is 16.5. The summed E-state index contributed by atoms with van der Waals surface area (Å²) in [6.07, 6.45) is 0.929. The Bertz CT molecular complexity index is 940. The molecule has 0 saturated carbocycles. The first kappa shape index (κ1) is 16.8. The van der Waals surface area contributed by atoms with Crippen molar-refractivity contribution in [3.05, 3.63) is 45.5 Å². The lowest BCUT2D eigenvalue weighted by atomic mass is 9.70. The molecule has 4 rings (SSSR count). The van der Waals surface area contributed by atoms with E-state index in [-0.39, 0.29) is 29.4 Å². The van der Waals surface area contributed by atoms with E-state index in [4.69, 9.17) is 31.5 Å². The zero-order valence-corrected chi connectivity index (χ0v) is 15.1. The number of fused-ring (bicyclic) bond motifs is 1. The zero-order valence-electron chi connectivity index (χ0n) is 14.4. The van der Waals surface area contributed by atoms with E-state index < -0.39 is 5.92 Å².